The van der Waals surface area contributed by atoms with E-state index in [2.05, 4.69) is 16.0 Å². The molecule has 0 bridgehead atoms. The molecule has 214 valence electrons. The van der Waals surface area contributed by atoms with E-state index in [1.807, 2.05) is 12.1 Å². The number of para-hydroxylation sites is 1. The number of carbonyl (C=O) groups is 3. The van der Waals surface area contributed by atoms with Gasteiger partial charge in [-0.1, -0.05) is 59.6 Å². The van der Waals surface area contributed by atoms with Gasteiger partial charge in [0.25, 0.3) is 11.8 Å². The third kappa shape index (κ3) is 8.39. The molecule has 4 aromatic rings. The number of halogens is 2. The lowest BCUT2D eigenvalue weighted by atomic mass is 10.1. The summed E-state index contributed by atoms with van der Waals surface area (Å²) in [5.41, 5.74) is 2.02. The van der Waals surface area contributed by atoms with Crippen LogP contribution in [-0.4, -0.2) is 30.1 Å². The number of carbonyl (C=O) groups excluding carboxylic acids is 3. The number of nitrogens with one attached hydrogen (secondary N) is 3. The summed E-state index contributed by atoms with van der Waals surface area (Å²) in [7, 11) is 1.53. The van der Waals surface area contributed by atoms with Crippen molar-refractivity contribution in [3.8, 4) is 5.75 Å². The zero-order chi connectivity index (χ0) is 30.1. The van der Waals surface area contributed by atoms with Gasteiger partial charge in [0.05, 0.1) is 23.1 Å². The molecule has 0 saturated heterocycles. The van der Waals surface area contributed by atoms with E-state index in [0.29, 0.717) is 38.3 Å². The van der Waals surface area contributed by atoms with E-state index in [4.69, 9.17) is 27.9 Å². The summed E-state index contributed by atoms with van der Waals surface area (Å²) in [6.45, 7) is 1.78. The number of ether oxygens (including phenoxy) is 1. The van der Waals surface area contributed by atoms with Gasteiger partial charge < -0.3 is 20.7 Å². The molecule has 1 unspecified atom stereocenters. The molecule has 0 aliphatic carbocycles. The zero-order valence-corrected chi connectivity index (χ0v) is 25.0. The molecule has 0 saturated carbocycles. The Morgan fingerprint density at radius 1 is 0.857 bits per heavy atom. The van der Waals surface area contributed by atoms with Crippen LogP contribution < -0.4 is 20.7 Å². The first-order chi connectivity index (χ1) is 20.2. The van der Waals surface area contributed by atoms with E-state index in [9.17, 15) is 14.4 Å². The first-order valence-electron chi connectivity index (χ1n) is 12.8. The van der Waals surface area contributed by atoms with Gasteiger partial charge >= 0.3 is 0 Å². The molecule has 0 aliphatic rings. The lowest BCUT2D eigenvalue weighted by Crippen LogP contribution is -2.30. The number of methoxy groups -OCH3 is 1. The minimum Gasteiger partial charge on any atom is -0.496 e. The summed E-state index contributed by atoms with van der Waals surface area (Å²) in [6, 6.07) is 27.7. The SMILES string of the molecule is COc1ccccc1/C=C(\NC(=O)c1ccccc1)C(=O)Nc1ccc(SC(C)C(=O)Nc2cc(Cl)ccc2Cl)cc1. The quantitative estimate of drug-likeness (QED) is 0.126. The molecule has 10 heteroatoms. The minimum atomic E-state index is -0.517. The molecular weight excluding hydrogens is 593 g/mol. The smallest absolute Gasteiger partial charge is 0.272 e. The number of hydrogen-bond acceptors (Lipinski definition) is 5. The summed E-state index contributed by atoms with van der Waals surface area (Å²) in [5.74, 6) is -0.627. The molecule has 0 fully saturated rings. The fraction of sp³-hybridized carbons (Fsp3) is 0.0938. The molecule has 0 heterocycles. The number of amides is 3. The van der Waals surface area contributed by atoms with Crippen LogP contribution in [0.1, 0.15) is 22.8 Å². The molecular formula is C32H27Cl2N3O4S. The van der Waals surface area contributed by atoms with Crippen LogP contribution in [0.2, 0.25) is 10.0 Å². The van der Waals surface area contributed by atoms with Gasteiger partial charge in [-0.3, -0.25) is 14.4 Å². The van der Waals surface area contributed by atoms with Crippen molar-refractivity contribution >= 4 is 70.1 Å². The van der Waals surface area contributed by atoms with Crippen molar-refractivity contribution in [1.29, 1.82) is 0 Å². The summed E-state index contributed by atoms with van der Waals surface area (Å²) in [6.07, 6.45) is 1.56. The van der Waals surface area contributed by atoms with E-state index in [-0.39, 0.29) is 11.6 Å². The highest BCUT2D eigenvalue weighted by Gasteiger charge is 2.18. The Labute approximate surface area is 258 Å². The van der Waals surface area contributed by atoms with Gasteiger partial charge in [0.15, 0.2) is 0 Å². The number of thioether (sulfide) groups is 1. The van der Waals surface area contributed by atoms with Crippen LogP contribution in [0.25, 0.3) is 6.08 Å². The molecule has 4 rings (SSSR count). The molecule has 1 atom stereocenters. The number of benzene rings is 4. The van der Waals surface area contributed by atoms with Gasteiger partial charge in [0.1, 0.15) is 11.4 Å². The minimum absolute atomic E-state index is 0.0387. The highest BCUT2D eigenvalue weighted by atomic mass is 35.5. The largest absolute Gasteiger partial charge is 0.496 e. The fourth-order valence-corrected chi connectivity index (χ4v) is 4.99. The van der Waals surface area contributed by atoms with Crippen LogP contribution in [0.3, 0.4) is 0 Å². The maximum atomic E-state index is 13.3. The van der Waals surface area contributed by atoms with Crippen LogP contribution in [-0.2, 0) is 9.59 Å². The van der Waals surface area contributed by atoms with Gasteiger partial charge in [0, 0.05) is 26.7 Å². The highest BCUT2D eigenvalue weighted by molar-refractivity contribution is 8.00. The summed E-state index contributed by atoms with van der Waals surface area (Å²) >= 11 is 13.5. The Morgan fingerprint density at radius 3 is 2.26 bits per heavy atom. The van der Waals surface area contributed by atoms with Crippen molar-refractivity contribution in [2.24, 2.45) is 0 Å². The standard InChI is InChI=1S/C32H27Cl2N3O4S/c1-20(30(38)36-27-19-23(33)12-17-26(27)34)42-25-15-13-24(14-16-25)35-32(40)28(18-22-10-6-7-11-29(22)41-2)37-31(39)21-8-4-3-5-9-21/h3-20H,1-2H3,(H,35,40)(H,36,38)(H,37,39)/b28-18-. The molecule has 3 N–H and O–H groups in total. The van der Waals surface area contributed by atoms with Crippen molar-refractivity contribution < 1.29 is 19.1 Å². The molecule has 0 aliphatic heterocycles. The third-order valence-corrected chi connectivity index (χ3v) is 7.62. The van der Waals surface area contributed by atoms with Crippen LogP contribution in [0.15, 0.2) is 108 Å². The monoisotopic (exact) mass is 619 g/mol. The maximum absolute atomic E-state index is 13.3. The molecule has 3 amide bonds. The first kappa shape index (κ1) is 30.7. The molecule has 0 spiro atoms. The van der Waals surface area contributed by atoms with Gasteiger partial charge in [-0.2, -0.15) is 0 Å². The van der Waals surface area contributed by atoms with Gasteiger partial charge in [-0.15, -0.1) is 11.8 Å². The maximum Gasteiger partial charge on any atom is 0.272 e. The number of hydrogen-bond donors (Lipinski definition) is 3. The van der Waals surface area contributed by atoms with Crippen molar-refractivity contribution in [3.05, 3.63) is 124 Å². The normalized spacial score (nSPS) is 11.8. The number of rotatable bonds is 10. The molecule has 7 nitrogen and oxygen atoms in total. The lowest BCUT2D eigenvalue weighted by Gasteiger charge is -2.14. The molecule has 0 aromatic heterocycles. The van der Waals surface area contributed by atoms with Crippen molar-refractivity contribution in [3.63, 3.8) is 0 Å². The van der Waals surface area contributed by atoms with Crippen LogP contribution in [0.5, 0.6) is 5.75 Å². The Bertz CT molecular complexity index is 1610. The van der Waals surface area contributed by atoms with E-state index in [1.165, 1.54) is 18.9 Å². The fourth-order valence-electron chi connectivity index (χ4n) is 3.78. The second kappa shape index (κ2) is 14.6. The molecule has 0 radical (unpaired) electrons. The summed E-state index contributed by atoms with van der Waals surface area (Å²) in [5, 5.41) is 8.76. The molecule has 4 aromatic carbocycles. The number of anilines is 2. The highest BCUT2D eigenvalue weighted by Crippen LogP contribution is 2.29. The lowest BCUT2D eigenvalue weighted by molar-refractivity contribution is -0.115. The summed E-state index contributed by atoms with van der Waals surface area (Å²) in [4.78, 5) is 39.8. The van der Waals surface area contributed by atoms with Crippen LogP contribution >= 0.6 is 35.0 Å². The van der Waals surface area contributed by atoms with Crippen molar-refractivity contribution in [2.75, 3.05) is 17.7 Å². The van der Waals surface area contributed by atoms with Gasteiger partial charge in [-0.05, 0) is 73.7 Å². The Kier molecular flexibility index (Phi) is 10.7. The zero-order valence-electron chi connectivity index (χ0n) is 22.7. The van der Waals surface area contributed by atoms with E-state index >= 15 is 0 Å². The van der Waals surface area contributed by atoms with Gasteiger partial charge in [0.2, 0.25) is 5.91 Å². The van der Waals surface area contributed by atoms with Crippen molar-refractivity contribution in [2.45, 2.75) is 17.1 Å². The second-order valence-electron chi connectivity index (χ2n) is 8.97. The van der Waals surface area contributed by atoms with Gasteiger partial charge in [-0.25, -0.2) is 0 Å². The summed E-state index contributed by atoms with van der Waals surface area (Å²) < 4.78 is 5.41. The Morgan fingerprint density at radius 2 is 1.55 bits per heavy atom. The average Bonchev–Trinajstić information content (AvgIpc) is 3.00. The van der Waals surface area contributed by atoms with Crippen molar-refractivity contribution in [1.82, 2.24) is 5.32 Å². The predicted molar refractivity (Wildman–Crippen MR) is 170 cm³/mol. The van der Waals surface area contributed by atoms with E-state index in [1.54, 1.807) is 97.9 Å². The second-order valence-corrected chi connectivity index (χ2v) is 11.2. The predicted octanol–water partition coefficient (Wildman–Crippen LogP) is 7.53. The van der Waals surface area contributed by atoms with E-state index < -0.39 is 17.1 Å². The topological polar surface area (TPSA) is 96.5 Å². The van der Waals surface area contributed by atoms with Crippen LogP contribution in [0, 0.1) is 0 Å². The molecule has 42 heavy (non-hydrogen) atoms. The average molecular weight is 621 g/mol. The third-order valence-electron chi connectivity index (χ3n) is 5.95. The first-order valence-corrected chi connectivity index (χ1v) is 14.4. The Hall–Kier alpha value is -4.24. The van der Waals surface area contributed by atoms with Crippen LogP contribution in [0.4, 0.5) is 11.4 Å². The Balaban J connectivity index is 1.46. The van der Waals surface area contributed by atoms with E-state index in [0.717, 1.165) is 4.90 Å².